The molecule has 1 aliphatic heterocycles. The van der Waals surface area contributed by atoms with Gasteiger partial charge in [-0.15, -0.1) is 0 Å². The maximum absolute atomic E-state index is 8.73. The van der Waals surface area contributed by atoms with Crippen molar-refractivity contribution in [1.29, 1.82) is 0 Å². The second-order valence-electron chi connectivity index (χ2n) is 3.95. The van der Waals surface area contributed by atoms with Crippen LogP contribution in [0.1, 0.15) is 26.7 Å². The standard InChI is InChI=1S/C6H12O3.C3H8O2/c7-4-6(5-8)2-1-3-9-6;1-3(2,4)5/h7-8H,1-5H2;4-5H,1-2H3. The quantitative estimate of drug-likeness (QED) is 0.447. The van der Waals surface area contributed by atoms with Crippen LogP contribution in [0.15, 0.2) is 0 Å². The number of hydrogen-bond donors (Lipinski definition) is 4. The van der Waals surface area contributed by atoms with Gasteiger partial charge in [-0.2, -0.15) is 0 Å². The zero-order valence-electron chi connectivity index (χ0n) is 8.73. The minimum Gasteiger partial charge on any atom is -0.393 e. The molecule has 1 fully saturated rings. The summed E-state index contributed by atoms with van der Waals surface area (Å²) in [7, 11) is 0. The molecular weight excluding hydrogens is 188 g/mol. The van der Waals surface area contributed by atoms with E-state index in [2.05, 4.69) is 0 Å². The molecule has 86 valence electrons. The second-order valence-corrected chi connectivity index (χ2v) is 3.95. The first-order chi connectivity index (χ1) is 6.33. The van der Waals surface area contributed by atoms with E-state index in [-0.39, 0.29) is 13.2 Å². The molecule has 0 spiro atoms. The molecule has 4 N–H and O–H groups in total. The number of ether oxygens (including phenoxy) is 1. The van der Waals surface area contributed by atoms with Gasteiger partial charge >= 0.3 is 0 Å². The predicted octanol–water partition coefficient (Wildman–Crippen LogP) is -0.773. The number of aliphatic hydroxyl groups is 4. The zero-order chi connectivity index (χ0) is 11.2. The highest BCUT2D eigenvalue weighted by molar-refractivity contribution is 4.83. The lowest BCUT2D eigenvalue weighted by Crippen LogP contribution is -2.36. The topological polar surface area (TPSA) is 90.2 Å². The van der Waals surface area contributed by atoms with Gasteiger partial charge in [0.05, 0.1) is 13.2 Å². The summed E-state index contributed by atoms with van der Waals surface area (Å²) >= 11 is 0. The molecule has 0 radical (unpaired) electrons. The summed E-state index contributed by atoms with van der Waals surface area (Å²) in [5, 5.41) is 33.6. The van der Waals surface area contributed by atoms with Gasteiger partial charge in [-0.3, -0.25) is 0 Å². The van der Waals surface area contributed by atoms with Gasteiger partial charge in [0.25, 0.3) is 0 Å². The van der Waals surface area contributed by atoms with Crippen molar-refractivity contribution in [2.24, 2.45) is 0 Å². The van der Waals surface area contributed by atoms with Gasteiger partial charge in [-0.25, -0.2) is 0 Å². The van der Waals surface area contributed by atoms with E-state index in [4.69, 9.17) is 25.2 Å². The summed E-state index contributed by atoms with van der Waals surface area (Å²) in [4.78, 5) is 0. The molecule has 0 aromatic rings. The Balaban J connectivity index is 0.000000292. The van der Waals surface area contributed by atoms with Crippen LogP contribution in [-0.2, 0) is 4.74 Å². The fourth-order valence-corrected chi connectivity index (χ4v) is 1.05. The largest absolute Gasteiger partial charge is 0.393 e. The van der Waals surface area contributed by atoms with Crippen LogP contribution >= 0.6 is 0 Å². The van der Waals surface area contributed by atoms with E-state index >= 15 is 0 Å². The van der Waals surface area contributed by atoms with Crippen LogP contribution in [-0.4, -0.2) is 51.6 Å². The van der Waals surface area contributed by atoms with E-state index in [0.29, 0.717) is 6.61 Å². The van der Waals surface area contributed by atoms with E-state index < -0.39 is 11.4 Å². The molecule has 0 aliphatic carbocycles. The predicted molar refractivity (Wildman–Crippen MR) is 50.6 cm³/mol. The third-order valence-corrected chi connectivity index (χ3v) is 1.76. The smallest absolute Gasteiger partial charge is 0.156 e. The normalized spacial score (nSPS) is 20.1. The number of hydrogen-bond acceptors (Lipinski definition) is 5. The Hall–Kier alpha value is -0.200. The summed E-state index contributed by atoms with van der Waals surface area (Å²) in [5.74, 6) is -1.50. The SMILES string of the molecule is CC(C)(O)O.OCC1(CO)CCCO1. The average Bonchev–Trinajstić information content (AvgIpc) is 2.50. The zero-order valence-corrected chi connectivity index (χ0v) is 8.73. The minimum absolute atomic E-state index is 0.0660. The molecule has 0 aromatic heterocycles. The average molecular weight is 208 g/mol. The Morgan fingerprint density at radius 1 is 1.21 bits per heavy atom. The first-order valence-corrected chi connectivity index (χ1v) is 4.63. The highest BCUT2D eigenvalue weighted by atomic mass is 16.5. The molecule has 5 nitrogen and oxygen atoms in total. The van der Waals surface area contributed by atoms with E-state index in [1.165, 1.54) is 13.8 Å². The Bertz CT molecular complexity index is 134. The summed E-state index contributed by atoms with van der Waals surface area (Å²) in [6.07, 6.45) is 1.72. The van der Waals surface area contributed by atoms with Gasteiger partial charge in [0.2, 0.25) is 0 Å². The molecule has 0 saturated carbocycles. The van der Waals surface area contributed by atoms with Crippen molar-refractivity contribution < 1.29 is 25.2 Å². The summed E-state index contributed by atoms with van der Waals surface area (Å²) < 4.78 is 5.14. The van der Waals surface area contributed by atoms with Crippen LogP contribution in [0.4, 0.5) is 0 Å². The van der Waals surface area contributed by atoms with E-state index in [1.54, 1.807) is 0 Å². The first kappa shape index (κ1) is 13.8. The van der Waals surface area contributed by atoms with Gasteiger partial charge in [-0.1, -0.05) is 0 Å². The van der Waals surface area contributed by atoms with Crippen LogP contribution in [0.5, 0.6) is 0 Å². The molecule has 1 heterocycles. The molecule has 0 amide bonds. The molecule has 5 heteroatoms. The van der Waals surface area contributed by atoms with Crippen molar-refractivity contribution >= 4 is 0 Å². The van der Waals surface area contributed by atoms with Crippen molar-refractivity contribution in [3.05, 3.63) is 0 Å². The van der Waals surface area contributed by atoms with Gasteiger partial charge in [0.1, 0.15) is 5.60 Å². The molecule has 14 heavy (non-hydrogen) atoms. The second kappa shape index (κ2) is 5.63. The Kier molecular flexibility index (Phi) is 5.54. The maximum atomic E-state index is 8.73. The Labute approximate surface area is 83.9 Å². The minimum atomic E-state index is -1.50. The van der Waals surface area contributed by atoms with E-state index in [1.807, 2.05) is 0 Å². The summed E-state index contributed by atoms with van der Waals surface area (Å²) in [6.45, 7) is 3.13. The summed E-state index contributed by atoms with van der Waals surface area (Å²) in [6, 6.07) is 0. The van der Waals surface area contributed by atoms with Crippen LogP contribution in [0.25, 0.3) is 0 Å². The molecule has 1 rings (SSSR count). The van der Waals surface area contributed by atoms with Gasteiger partial charge in [0.15, 0.2) is 5.79 Å². The lowest BCUT2D eigenvalue weighted by atomic mass is 10.0. The van der Waals surface area contributed by atoms with Gasteiger partial charge in [0, 0.05) is 6.61 Å². The van der Waals surface area contributed by atoms with Crippen LogP contribution < -0.4 is 0 Å². The van der Waals surface area contributed by atoms with E-state index in [9.17, 15) is 0 Å². The molecule has 0 bridgehead atoms. The molecule has 1 saturated heterocycles. The molecular formula is C9H20O5. The Morgan fingerprint density at radius 2 is 1.64 bits per heavy atom. The molecule has 0 atom stereocenters. The molecule has 1 aliphatic rings. The molecule has 0 unspecified atom stereocenters. The summed E-state index contributed by atoms with van der Waals surface area (Å²) in [5.41, 5.74) is -0.611. The van der Waals surface area contributed by atoms with Gasteiger partial charge in [-0.05, 0) is 26.7 Å². The monoisotopic (exact) mass is 208 g/mol. The van der Waals surface area contributed by atoms with Crippen molar-refractivity contribution in [2.75, 3.05) is 19.8 Å². The first-order valence-electron chi connectivity index (χ1n) is 4.63. The van der Waals surface area contributed by atoms with Crippen LogP contribution in [0.2, 0.25) is 0 Å². The fourth-order valence-electron chi connectivity index (χ4n) is 1.05. The molecule has 0 aromatic carbocycles. The lowest BCUT2D eigenvalue weighted by Gasteiger charge is -2.22. The highest BCUT2D eigenvalue weighted by Crippen LogP contribution is 2.23. The van der Waals surface area contributed by atoms with Crippen molar-refractivity contribution in [2.45, 2.75) is 38.1 Å². The van der Waals surface area contributed by atoms with Crippen LogP contribution in [0, 0.1) is 0 Å². The highest BCUT2D eigenvalue weighted by Gasteiger charge is 2.33. The number of rotatable bonds is 2. The number of aliphatic hydroxyl groups excluding tert-OH is 2. The van der Waals surface area contributed by atoms with Crippen molar-refractivity contribution in [3.8, 4) is 0 Å². The van der Waals surface area contributed by atoms with E-state index in [0.717, 1.165) is 12.8 Å². The Morgan fingerprint density at radius 3 is 1.79 bits per heavy atom. The fraction of sp³-hybridized carbons (Fsp3) is 1.00. The third-order valence-electron chi connectivity index (χ3n) is 1.76. The van der Waals surface area contributed by atoms with Crippen LogP contribution in [0.3, 0.4) is 0 Å². The third kappa shape index (κ3) is 6.28. The lowest BCUT2D eigenvalue weighted by molar-refractivity contribution is -0.127. The van der Waals surface area contributed by atoms with Gasteiger partial charge < -0.3 is 25.2 Å². The van der Waals surface area contributed by atoms with Crippen molar-refractivity contribution in [1.82, 2.24) is 0 Å². The van der Waals surface area contributed by atoms with Crippen molar-refractivity contribution in [3.63, 3.8) is 0 Å². The maximum Gasteiger partial charge on any atom is 0.156 e.